The molecule has 0 spiro atoms. The van der Waals surface area contributed by atoms with E-state index in [9.17, 15) is 9.59 Å². The number of alkyl halides is 1. The highest BCUT2D eigenvalue weighted by atomic mass is 35.5. The number of carbonyl (C=O) groups is 2. The minimum atomic E-state index is -0.447. The van der Waals surface area contributed by atoms with Crippen LogP contribution in [0.2, 0.25) is 0 Å². The summed E-state index contributed by atoms with van der Waals surface area (Å²) in [6.07, 6.45) is 6.02. The van der Waals surface area contributed by atoms with Gasteiger partial charge in [0.05, 0.1) is 12.5 Å². The van der Waals surface area contributed by atoms with Gasteiger partial charge < -0.3 is 9.47 Å². The first-order chi connectivity index (χ1) is 9.39. The van der Waals surface area contributed by atoms with Gasteiger partial charge in [0, 0.05) is 5.92 Å². The summed E-state index contributed by atoms with van der Waals surface area (Å²) >= 11 is 5.42. The fourth-order valence-corrected chi connectivity index (χ4v) is 4.61. The van der Waals surface area contributed by atoms with Gasteiger partial charge in [-0.15, -0.1) is 11.6 Å². The second-order valence-electron chi connectivity index (χ2n) is 6.59. The van der Waals surface area contributed by atoms with Crippen LogP contribution in [0.1, 0.15) is 26.7 Å². The molecule has 1 saturated carbocycles. The Morgan fingerprint density at radius 3 is 3.00 bits per heavy atom. The first-order valence-corrected chi connectivity index (χ1v) is 7.57. The molecule has 4 nitrogen and oxygen atoms in total. The molecule has 0 N–H and O–H groups in total. The minimum Gasteiger partial charge on any atom is -0.465 e. The Bertz CT molecular complexity index is 484. The van der Waals surface area contributed by atoms with Crippen molar-refractivity contribution in [3.8, 4) is 0 Å². The predicted molar refractivity (Wildman–Crippen MR) is 73.1 cm³/mol. The summed E-state index contributed by atoms with van der Waals surface area (Å²) in [5, 5.41) is 0. The van der Waals surface area contributed by atoms with Crippen molar-refractivity contribution < 1.29 is 19.1 Å². The Hall–Kier alpha value is -1.03. The third kappa shape index (κ3) is 1.88. The Kier molecular flexibility index (Phi) is 3.12. The van der Waals surface area contributed by atoms with Crippen LogP contribution in [0.25, 0.3) is 0 Å². The molecule has 20 heavy (non-hydrogen) atoms. The molecule has 110 valence electrons. The zero-order valence-electron chi connectivity index (χ0n) is 11.7. The molecule has 4 unspecified atom stereocenters. The molecule has 0 amide bonds. The van der Waals surface area contributed by atoms with Gasteiger partial charge >= 0.3 is 11.9 Å². The Morgan fingerprint density at radius 1 is 1.55 bits per heavy atom. The van der Waals surface area contributed by atoms with Crippen molar-refractivity contribution in [2.75, 3.05) is 12.5 Å². The van der Waals surface area contributed by atoms with Crippen LogP contribution in [-0.2, 0) is 19.1 Å². The third-order valence-corrected chi connectivity index (χ3v) is 5.27. The molecule has 2 bridgehead atoms. The van der Waals surface area contributed by atoms with Crippen molar-refractivity contribution in [2.24, 2.45) is 23.2 Å². The molecule has 5 heteroatoms. The van der Waals surface area contributed by atoms with Gasteiger partial charge in [-0.1, -0.05) is 12.2 Å². The van der Waals surface area contributed by atoms with E-state index >= 15 is 0 Å². The molecule has 4 atom stereocenters. The van der Waals surface area contributed by atoms with Gasteiger partial charge in [0.15, 0.2) is 0 Å². The van der Waals surface area contributed by atoms with Crippen LogP contribution >= 0.6 is 11.6 Å². The molecule has 0 aromatic rings. The number of rotatable bonds is 4. The van der Waals surface area contributed by atoms with Crippen molar-refractivity contribution in [1.82, 2.24) is 0 Å². The standard InChI is InChI=1S/C15H19ClO4/c1-14(2)12-11(13(18)20-14)9-3-4-15(12,7-9)5-6-19-10(17)8-16/h3-4,9,11-12H,5-8H2,1-2H3. The Balaban J connectivity index is 1.77. The first kappa shape index (κ1) is 13.9. The smallest absolute Gasteiger partial charge is 0.320 e. The maximum atomic E-state index is 12.1. The summed E-state index contributed by atoms with van der Waals surface area (Å²) < 4.78 is 10.7. The van der Waals surface area contributed by atoms with Crippen LogP contribution in [0.15, 0.2) is 12.2 Å². The van der Waals surface area contributed by atoms with E-state index in [1.807, 2.05) is 13.8 Å². The van der Waals surface area contributed by atoms with Crippen molar-refractivity contribution in [3.05, 3.63) is 12.2 Å². The zero-order valence-corrected chi connectivity index (χ0v) is 12.5. The van der Waals surface area contributed by atoms with Crippen LogP contribution in [0.3, 0.4) is 0 Å². The van der Waals surface area contributed by atoms with Crippen LogP contribution in [0, 0.1) is 23.2 Å². The maximum absolute atomic E-state index is 12.1. The molecular formula is C15H19ClO4. The lowest BCUT2D eigenvalue weighted by Crippen LogP contribution is -2.40. The van der Waals surface area contributed by atoms with E-state index in [0.717, 1.165) is 12.8 Å². The van der Waals surface area contributed by atoms with E-state index in [2.05, 4.69) is 12.2 Å². The topological polar surface area (TPSA) is 52.6 Å². The fourth-order valence-electron chi connectivity index (χ4n) is 4.53. The molecule has 0 aromatic carbocycles. The lowest BCUT2D eigenvalue weighted by Gasteiger charge is -2.38. The Morgan fingerprint density at radius 2 is 2.30 bits per heavy atom. The highest BCUT2D eigenvalue weighted by Crippen LogP contribution is 2.65. The highest BCUT2D eigenvalue weighted by molar-refractivity contribution is 6.26. The van der Waals surface area contributed by atoms with Crippen LogP contribution in [-0.4, -0.2) is 30.0 Å². The molecule has 1 heterocycles. The lowest BCUT2D eigenvalue weighted by molar-refractivity contribution is -0.150. The average Bonchev–Trinajstić information content (AvgIpc) is 3.00. The number of carbonyl (C=O) groups excluding carboxylic acids is 2. The van der Waals surface area contributed by atoms with Gasteiger partial charge in [0.2, 0.25) is 0 Å². The summed E-state index contributed by atoms with van der Waals surface area (Å²) in [5.41, 5.74) is -0.532. The number of hydrogen-bond donors (Lipinski definition) is 0. The van der Waals surface area contributed by atoms with Crippen molar-refractivity contribution in [1.29, 1.82) is 0 Å². The largest absolute Gasteiger partial charge is 0.465 e. The molecule has 1 aliphatic heterocycles. The second kappa shape index (κ2) is 4.48. The van der Waals surface area contributed by atoms with Crippen LogP contribution in [0.5, 0.6) is 0 Å². The van der Waals surface area contributed by atoms with Crippen molar-refractivity contribution >= 4 is 23.5 Å². The third-order valence-electron chi connectivity index (χ3n) is 5.06. The van der Waals surface area contributed by atoms with Gasteiger partial charge in [-0.05, 0) is 38.0 Å². The first-order valence-electron chi connectivity index (χ1n) is 7.03. The van der Waals surface area contributed by atoms with Gasteiger partial charge in [0.25, 0.3) is 0 Å². The van der Waals surface area contributed by atoms with E-state index < -0.39 is 11.6 Å². The van der Waals surface area contributed by atoms with E-state index in [1.165, 1.54) is 0 Å². The molecule has 2 aliphatic carbocycles. The zero-order chi connectivity index (χ0) is 14.5. The van der Waals surface area contributed by atoms with Crippen molar-refractivity contribution in [3.63, 3.8) is 0 Å². The van der Waals surface area contributed by atoms with Gasteiger partial charge in [0.1, 0.15) is 11.5 Å². The minimum absolute atomic E-state index is 0.0290. The summed E-state index contributed by atoms with van der Waals surface area (Å²) in [5.74, 6) is -0.169. The lowest BCUT2D eigenvalue weighted by atomic mass is 9.66. The molecular weight excluding hydrogens is 280 g/mol. The summed E-state index contributed by atoms with van der Waals surface area (Å²) in [4.78, 5) is 23.2. The van der Waals surface area contributed by atoms with Crippen molar-refractivity contribution in [2.45, 2.75) is 32.3 Å². The highest BCUT2D eigenvalue weighted by Gasteiger charge is 2.67. The number of allylic oxidation sites excluding steroid dienone is 2. The molecule has 0 radical (unpaired) electrons. The number of cyclic esters (lactones) is 1. The number of hydrogen-bond acceptors (Lipinski definition) is 4. The quantitative estimate of drug-likeness (QED) is 0.454. The maximum Gasteiger partial charge on any atom is 0.320 e. The molecule has 3 rings (SSSR count). The van der Waals surface area contributed by atoms with Crippen LogP contribution in [0.4, 0.5) is 0 Å². The average molecular weight is 299 g/mol. The van der Waals surface area contributed by atoms with E-state index in [0.29, 0.717) is 6.61 Å². The summed E-state index contributed by atoms with van der Waals surface area (Å²) in [6, 6.07) is 0. The van der Waals surface area contributed by atoms with Gasteiger partial charge in [-0.3, -0.25) is 9.59 Å². The van der Waals surface area contributed by atoms with Gasteiger partial charge in [-0.25, -0.2) is 0 Å². The number of halogens is 1. The number of ether oxygens (including phenoxy) is 2. The van der Waals surface area contributed by atoms with E-state index in [1.54, 1.807) is 0 Å². The second-order valence-corrected chi connectivity index (χ2v) is 6.86. The summed E-state index contributed by atoms with van der Waals surface area (Å²) in [7, 11) is 0. The molecule has 0 aromatic heterocycles. The van der Waals surface area contributed by atoms with E-state index in [-0.39, 0.29) is 35.0 Å². The normalized spacial score (nSPS) is 39.8. The number of esters is 2. The monoisotopic (exact) mass is 298 g/mol. The molecule has 3 aliphatic rings. The predicted octanol–water partition coefficient (Wildman–Crippen LogP) is 2.30. The fraction of sp³-hybridized carbons (Fsp3) is 0.733. The SMILES string of the molecule is CC1(C)OC(=O)C2C3C=CC(CCOC(=O)CCl)(C3)C21. The summed E-state index contributed by atoms with van der Waals surface area (Å²) in [6.45, 7) is 4.31. The number of fused-ring (bicyclic) bond motifs is 5. The van der Waals surface area contributed by atoms with Gasteiger partial charge in [-0.2, -0.15) is 0 Å². The molecule has 2 fully saturated rings. The van der Waals surface area contributed by atoms with E-state index in [4.69, 9.17) is 21.1 Å². The Labute approximate surface area is 123 Å². The van der Waals surface area contributed by atoms with Crippen LogP contribution < -0.4 is 0 Å². The molecule has 1 saturated heterocycles.